The molecule has 0 unspecified atom stereocenters. The Kier molecular flexibility index (Phi) is 4.32. The largest absolute Gasteiger partial charge is 0.424 e. The van der Waals surface area contributed by atoms with E-state index in [1.165, 1.54) is 48.8 Å². The second-order valence-corrected chi connectivity index (χ2v) is 5.87. The van der Waals surface area contributed by atoms with Crippen LogP contribution in [-0.4, -0.2) is 14.5 Å². The van der Waals surface area contributed by atoms with Crippen LogP contribution in [0.4, 0.5) is 10.1 Å². The second kappa shape index (κ2) is 6.95. The Morgan fingerprint density at radius 2 is 1.89 bits per heavy atom. The lowest BCUT2D eigenvalue weighted by Gasteiger charge is -2.08. The van der Waals surface area contributed by atoms with E-state index in [9.17, 15) is 14.0 Å². The Bertz CT molecular complexity index is 1280. The molecule has 8 nitrogen and oxygen atoms in total. The van der Waals surface area contributed by atoms with E-state index in [2.05, 4.69) is 9.97 Å². The van der Waals surface area contributed by atoms with Gasteiger partial charge in [0.05, 0.1) is 17.6 Å². The summed E-state index contributed by atoms with van der Waals surface area (Å²) < 4.78 is 25.6. The number of fused-ring (bicyclic) bond motifs is 1. The molecule has 0 atom stereocenters. The molecule has 0 aliphatic heterocycles. The summed E-state index contributed by atoms with van der Waals surface area (Å²) in [6.07, 6.45) is 3.02. The van der Waals surface area contributed by atoms with Gasteiger partial charge in [-0.1, -0.05) is 12.1 Å². The molecule has 0 saturated carbocycles. The summed E-state index contributed by atoms with van der Waals surface area (Å²) in [5.41, 5.74) is 4.99. The maximum absolute atomic E-state index is 14.1. The van der Waals surface area contributed by atoms with Gasteiger partial charge in [-0.25, -0.2) is 23.7 Å². The van der Waals surface area contributed by atoms with Gasteiger partial charge in [0.2, 0.25) is 0 Å². The molecule has 0 fully saturated rings. The molecule has 4 aromatic rings. The van der Waals surface area contributed by atoms with Gasteiger partial charge in [0.15, 0.2) is 5.82 Å². The molecular formula is C19H13FN4O4. The van der Waals surface area contributed by atoms with Crippen LogP contribution in [0.15, 0.2) is 68.9 Å². The number of ether oxygens (including phenoxy) is 1. The van der Waals surface area contributed by atoms with Gasteiger partial charge in [-0.2, -0.15) is 0 Å². The van der Waals surface area contributed by atoms with E-state index in [0.717, 1.165) is 4.57 Å². The van der Waals surface area contributed by atoms with Crippen molar-refractivity contribution in [2.75, 3.05) is 5.73 Å². The molecule has 2 aromatic carbocycles. The van der Waals surface area contributed by atoms with Crippen LogP contribution in [0.2, 0.25) is 0 Å². The van der Waals surface area contributed by atoms with Crippen molar-refractivity contribution in [1.29, 1.82) is 0 Å². The van der Waals surface area contributed by atoms with Crippen molar-refractivity contribution >= 4 is 16.7 Å². The highest BCUT2D eigenvalue weighted by atomic mass is 19.1. The predicted molar refractivity (Wildman–Crippen MR) is 98.8 cm³/mol. The highest BCUT2D eigenvalue weighted by Gasteiger charge is 2.14. The molecule has 2 heterocycles. The zero-order valence-corrected chi connectivity index (χ0v) is 14.3. The number of nitrogen functional groups attached to an aromatic ring is 1. The lowest BCUT2D eigenvalue weighted by Crippen LogP contribution is -2.33. The van der Waals surface area contributed by atoms with Crippen LogP contribution in [-0.2, 0) is 6.54 Å². The van der Waals surface area contributed by atoms with E-state index >= 15 is 0 Å². The first-order valence-electron chi connectivity index (χ1n) is 8.18. The number of hydrogen-bond donors (Lipinski definition) is 1. The summed E-state index contributed by atoms with van der Waals surface area (Å²) >= 11 is 0. The third-order valence-electron chi connectivity index (χ3n) is 4.03. The first-order valence-corrected chi connectivity index (χ1v) is 8.18. The number of nitrogens with zero attached hydrogens (tertiary/aromatic N) is 3. The number of nitrogens with two attached hydrogens (primary N) is 1. The number of anilines is 1. The number of hydrogen-bond acceptors (Lipinski definition) is 7. The maximum atomic E-state index is 14.1. The van der Waals surface area contributed by atoms with Crippen LogP contribution in [0.5, 0.6) is 11.8 Å². The van der Waals surface area contributed by atoms with Crippen molar-refractivity contribution in [3.8, 4) is 11.8 Å². The summed E-state index contributed by atoms with van der Waals surface area (Å²) in [4.78, 5) is 32.9. The lowest BCUT2D eigenvalue weighted by atomic mass is 10.2. The minimum Gasteiger partial charge on any atom is -0.424 e. The highest BCUT2D eigenvalue weighted by Crippen LogP contribution is 2.21. The van der Waals surface area contributed by atoms with Crippen LogP contribution >= 0.6 is 0 Å². The molecule has 0 radical (unpaired) electrons. The number of benzene rings is 2. The van der Waals surface area contributed by atoms with E-state index < -0.39 is 17.1 Å². The zero-order chi connectivity index (χ0) is 19.7. The number of halogens is 1. The molecule has 2 aromatic heterocycles. The quantitative estimate of drug-likeness (QED) is 0.541. The molecule has 0 aliphatic rings. The average molecular weight is 380 g/mol. The average Bonchev–Trinajstić information content (AvgIpc) is 2.69. The maximum Gasteiger partial charge on any atom is 0.422 e. The van der Waals surface area contributed by atoms with Gasteiger partial charge in [0.25, 0.3) is 5.56 Å². The van der Waals surface area contributed by atoms with Gasteiger partial charge in [-0.05, 0) is 24.3 Å². The van der Waals surface area contributed by atoms with Crippen LogP contribution < -0.4 is 21.8 Å². The Labute approximate surface area is 156 Å². The van der Waals surface area contributed by atoms with Crippen molar-refractivity contribution in [2.24, 2.45) is 0 Å². The monoisotopic (exact) mass is 380 g/mol. The van der Waals surface area contributed by atoms with Crippen molar-refractivity contribution in [1.82, 2.24) is 14.5 Å². The fourth-order valence-corrected chi connectivity index (χ4v) is 2.68. The van der Waals surface area contributed by atoms with E-state index in [1.807, 2.05) is 0 Å². The SMILES string of the molecule is Nc1cccc(Cn2c(=O)oc3cc(Oc4ncccn4)ccc3c2=O)c1F. The van der Waals surface area contributed by atoms with Crippen molar-refractivity contribution in [3.63, 3.8) is 0 Å². The Hall–Kier alpha value is -4.01. The van der Waals surface area contributed by atoms with Crippen LogP contribution in [0.3, 0.4) is 0 Å². The molecule has 0 aliphatic carbocycles. The Morgan fingerprint density at radius 1 is 1.11 bits per heavy atom. The predicted octanol–water partition coefficient (Wildman–Crippen LogP) is 2.31. The normalized spacial score (nSPS) is 10.9. The summed E-state index contributed by atoms with van der Waals surface area (Å²) in [5, 5.41) is 0.144. The van der Waals surface area contributed by atoms with Gasteiger partial charge >= 0.3 is 11.8 Å². The minimum absolute atomic E-state index is 0.0349. The lowest BCUT2D eigenvalue weighted by molar-refractivity contribution is 0.437. The van der Waals surface area contributed by atoms with Crippen LogP contribution in [0.1, 0.15) is 5.56 Å². The van der Waals surface area contributed by atoms with Gasteiger partial charge in [0.1, 0.15) is 11.3 Å². The van der Waals surface area contributed by atoms with Gasteiger partial charge in [-0.15, -0.1) is 0 Å². The molecule has 0 bridgehead atoms. The van der Waals surface area contributed by atoms with Crippen molar-refractivity contribution in [2.45, 2.75) is 6.54 Å². The smallest absolute Gasteiger partial charge is 0.422 e. The molecule has 4 rings (SSSR count). The third-order valence-corrected chi connectivity index (χ3v) is 4.03. The fourth-order valence-electron chi connectivity index (χ4n) is 2.68. The Balaban J connectivity index is 1.74. The summed E-state index contributed by atoms with van der Waals surface area (Å²) in [7, 11) is 0. The van der Waals surface area contributed by atoms with Crippen molar-refractivity contribution in [3.05, 3.63) is 87.1 Å². The highest BCUT2D eigenvalue weighted by molar-refractivity contribution is 5.77. The number of rotatable bonds is 4. The number of aromatic nitrogens is 3. The molecule has 2 N–H and O–H groups in total. The molecule has 140 valence electrons. The molecule has 0 spiro atoms. The first kappa shape index (κ1) is 17.4. The van der Waals surface area contributed by atoms with Gasteiger partial charge in [0, 0.05) is 24.0 Å². The summed E-state index contributed by atoms with van der Waals surface area (Å²) in [6.45, 7) is -0.302. The van der Waals surface area contributed by atoms with E-state index in [-0.39, 0.29) is 34.8 Å². The van der Waals surface area contributed by atoms with E-state index in [0.29, 0.717) is 5.75 Å². The summed E-state index contributed by atoms with van der Waals surface area (Å²) in [5.74, 6) is -1.31. The minimum atomic E-state index is -0.924. The summed E-state index contributed by atoms with van der Waals surface area (Å²) in [6, 6.07) is 10.5. The fraction of sp³-hybridized carbons (Fsp3) is 0.0526. The topological polar surface area (TPSA) is 113 Å². The van der Waals surface area contributed by atoms with E-state index in [4.69, 9.17) is 14.9 Å². The second-order valence-electron chi connectivity index (χ2n) is 5.87. The van der Waals surface area contributed by atoms with Crippen LogP contribution in [0.25, 0.3) is 11.0 Å². The van der Waals surface area contributed by atoms with Crippen LogP contribution in [0, 0.1) is 5.82 Å². The standard InChI is InChI=1S/C19H13FN4O4/c20-16-11(3-1-4-14(16)21)10-24-17(25)13-6-5-12(9-15(13)28-19(24)26)27-18-22-7-2-8-23-18/h1-9H,10,21H2. The Morgan fingerprint density at radius 3 is 2.68 bits per heavy atom. The van der Waals surface area contributed by atoms with Gasteiger partial charge < -0.3 is 14.9 Å². The van der Waals surface area contributed by atoms with Crippen molar-refractivity contribution < 1.29 is 13.5 Å². The van der Waals surface area contributed by atoms with Gasteiger partial charge in [-0.3, -0.25) is 4.79 Å². The molecule has 0 saturated heterocycles. The molecule has 0 amide bonds. The molecule has 9 heteroatoms. The third kappa shape index (κ3) is 3.20. The molecule has 28 heavy (non-hydrogen) atoms. The zero-order valence-electron chi connectivity index (χ0n) is 14.3. The first-order chi connectivity index (χ1) is 13.5. The van der Waals surface area contributed by atoms with E-state index in [1.54, 1.807) is 6.07 Å². The molecular weight excluding hydrogens is 367 g/mol.